The highest BCUT2D eigenvalue weighted by atomic mass is 35.5. The Morgan fingerprint density at radius 3 is 2.56 bits per heavy atom. The minimum atomic E-state index is -0.305. The standard InChI is InChI=1S/C28H35Cl2N3O3/c1-3-27-31-12-16-33(27)13-5-17-35-23-7-4-6-22(18-23)20-32-14-10-28(34-2,11-15-32)21-36-24-8-9-25(29)26(30)19-24/h4,6-9,12,16,18-19H,3,5,10-11,13-15,17,20-21H2,1-2H3. The number of likely N-dealkylation sites (tertiary alicyclic amines) is 1. The molecular formula is C28H35Cl2N3O3. The Balaban J connectivity index is 1.22. The molecule has 1 aromatic heterocycles. The van der Waals surface area contributed by atoms with Crippen LogP contribution in [-0.2, 0) is 24.2 Å². The lowest BCUT2D eigenvalue weighted by Crippen LogP contribution is -2.48. The number of halogens is 2. The summed E-state index contributed by atoms with van der Waals surface area (Å²) in [4.78, 5) is 6.84. The molecule has 36 heavy (non-hydrogen) atoms. The van der Waals surface area contributed by atoms with Crippen LogP contribution in [0.2, 0.25) is 10.0 Å². The van der Waals surface area contributed by atoms with Gasteiger partial charge in [0.25, 0.3) is 0 Å². The quantitative estimate of drug-likeness (QED) is 0.257. The Kier molecular flexibility index (Phi) is 9.54. The minimum absolute atomic E-state index is 0.305. The molecule has 0 bridgehead atoms. The van der Waals surface area contributed by atoms with Crippen molar-refractivity contribution in [2.24, 2.45) is 0 Å². The van der Waals surface area contributed by atoms with Crippen LogP contribution in [0.25, 0.3) is 0 Å². The van der Waals surface area contributed by atoms with Gasteiger partial charge in [0.15, 0.2) is 0 Å². The van der Waals surface area contributed by atoms with E-state index in [9.17, 15) is 0 Å². The van der Waals surface area contributed by atoms with Gasteiger partial charge in [0.2, 0.25) is 0 Å². The highest BCUT2D eigenvalue weighted by Gasteiger charge is 2.35. The van der Waals surface area contributed by atoms with Crippen molar-refractivity contribution in [1.82, 2.24) is 14.5 Å². The van der Waals surface area contributed by atoms with Crippen LogP contribution in [-0.4, -0.2) is 53.5 Å². The maximum atomic E-state index is 6.12. The SMILES string of the molecule is CCc1nccn1CCCOc1cccc(CN2CCC(COc3ccc(Cl)c(Cl)c3)(OC)CC2)c1. The maximum absolute atomic E-state index is 6.12. The van der Waals surface area contributed by atoms with Crippen LogP contribution >= 0.6 is 23.2 Å². The molecule has 3 aromatic rings. The van der Waals surface area contributed by atoms with Gasteiger partial charge in [0.1, 0.15) is 29.5 Å². The number of ether oxygens (including phenoxy) is 3. The minimum Gasteiger partial charge on any atom is -0.494 e. The number of aryl methyl sites for hydroxylation is 2. The van der Waals surface area contributed by atoms with E-state index in [2.05, 4.69) is 39.6 Å². The average molecular weight is 533 g/mol. The molecule has 4 rings (SSSR count). The second-order valence-corrected chi connectivity index (χ2v) is 10.1. The summed E-state index contributed by atoms with van der Waals surface area (Å²) in [6.45, 7) is 6.99. The lowest BCUT2D eigenvalue weighted by atomic mass is 9.91. The number of aromatic nitrogens is 2. The van der Waals surface area contributed by atoms with E-state index in [1.807, 2.05) is 24.5 Å². The maximum Gasteiger partial charge on any atom is 0.121 e. The Bertz CT molecular complexity index is 1110. The van der Waals surface area contributed by atoms with E-state index >= 15 is 0 Å². The van der Waals surface area contributed by atoms with E-state index in [0.717, 1.165) is 63.4 Å². The van der Waals surface area contributed by atoms with Crippen molar-refractivity contribution in [1.29, 1.82) is 0 Å². The molecule has 6 nitrogen and oxygen atoms in total. The molecule has 1 aliphatic heterocycles. The van der Waals surface area contributed by atoms with Gasteiger partial charge in [-0.2, -0.15) is 0 Å². The number of benzene rings is 2. The predicted octanol–water partition coefficient (Wildman–Crippen LogP) is 6.28. The van der Waals surface area contributed by atoms with Gasteiger partial charge in [0, 0.05) is 58.2 Å². The van der Waals surface area contributed by atoms with Crippen molar-refractivity contribution in [3.63, 3.8) is 0 Å². The monoisotopic (exact) mass is 531 g/mol. The van der Waals surface area contributed by atoms with E-state index in [1.54, 1.807) is 19.2 Å². The zero-order valence-electron chi connectivity index (χ0n) is 21.1. The van der Waals surface area contributed by atoms with Gasteiger partial charge < -0.3 is 18.8 Å². The van der Waals surface area contributed by atoms with Crippen LogP contribution in [0, 0.1) is 0 Å². The van der Waals surface area contributed by atoms with Gasteiger partial charge in [-0.05, 0) is 49.1 Å². The van der Waals surface area contributed by atoms with E-state index in [0.29, 0.717) is 29.0 Å². The predicted molar refractivity (Wildman–Crippen MR) is 144 cm³/mol. The van der Waals surface area contributed by atoms with Gasteiger partial charge in [-0.1, -0.05) is 42.3 Å². The van der Waals surface area contributed by atoms with Crippen LogP contribution in [0.1, 0.15) is 37.6 Å². The second kappa shape index (κ2) is 12.8. The zero-order valence-corrected chi connectivity index (χ0v) is 22.6. The molecule has 1 fully saturated rings. The molecule has 1 aliphatic rings. The Labute approximate surface area is 224 Å². The topological polar surface area (TPSA) is 48.8 Å². The van der Waals surface area contributed by atoms with Gasteiger partial charge in [0.05, 0.1) is 16.7 Å². The lowest BCUT2D eigenvalue weighted by molar-refractivity contribution is -0.0839. The molecule has 0 amide bonds. The number of rotatable bonds is 12. The Morgan fingerprint density at radius 1 is 1.00 bits per heavy atom. The van der Waals surface area contributed by atoms with Crippen molar-refractivity contribution in [3.05, 3.63) is 76.3 Å². The summed E-state index contributed by atoms with van der Waals surface area (Å²) in [5.41, 5.74) is 0.952. The third-order valence-corrected chi connectivity index (χ3v) is 7.57. The first-order valence-electron chi connectivity index (χ1n) is 12.6. The van der Waals surface area contributed by atoms with Crippen molar-refractivity contribution < 1.29 is 14.2 Å². The Morgan fingerprint density at radius 2 is 1.81 bits per heavy atom. The van der Waals surface area contributed by atoms with Gasteiger partial charge >= 0.3 is 0 Å². The van der Waals surface area contributed by atoms with E-state index in [-0.39, 0.29) is 5.60 Å². The molecule has 0 radical (unpaired) electrons. The van der Waals surface area contributed by atoms with Crippen molar-refractivity contribution in [3.8, 4) is 11.5 Å². The molecule has 0 N–H and O–H groups in total. The number of hydrogen-bond donors (Lipinski definition) is 0. The van der Waals surface area contributed by atoms with Crippen LogP contribution < -0.4 is 9.47 Å². The van der Waals surface area contributed by atoms with E-state index in [4.69, 9.17) is 37.4 Å². The molecule has 2 aromatic carbocycles. The van der Waals surface area contributed by atoms with Gasteiger partial charge in [-0.3, -0.25) is 4.90 Å². The number of imidazole rings is 1. The molecule has 0 saturated carbocycles. The van der Waals surface area contributed by atoms with Gasteiger partial charge in [-0.25, -0.2) is 4.98 Å². The highest BCUT2D eigenvalue weighted by Crippen LogP contribution is 2.30. The molecular weight excluding hydrogens is 497 g/mol. The number of piperidine rings is 1. The summed E-state index contributed by atoms with van der Waals surface area (Å²) in [7, 11) is 1.77. The first kappa shape index (κ1) is 26.8. The number of nitrogens with zero attached hydrogens (tertiary/aromatic N) is 3. The second-order valence-electron chi connectivity index (χ2n) is 9.27. The summed E-state index contributed by atoms with van der Waals surface area (Å²) in [6.07, 6.45) is 7.59. The average Bonchev–Trinajstić information content (AvgIpc) is 3.36. The summed E-state index contributed by atoms with van der Waals surface area (Å²) < 4.78 is 20.2. The lowest BCUT2D eigenvalue weighted by Gasteiger charge is -2.40. The number of methoxy groups -OCH3 is 1. The van der Waals surface area contributed by atoms with Crippen LogP contribution in [0.5, 0.6) is 11.5 Å². The van der Waals surface area contributed by atoms with Crippen molar-refractivity contribution in [2.45, 2.75) is 51.3 Å². The van der Waals surface area contributed by atoms with Gasteiger partial charge in [-0.15, -0.1) is 0 Å². The first-order chi connectivity index (χ1) is 17.5. The summed E-state index contributed by atoms with van der Waals surface area (Å²) in [5, 5.41) is 1.01. The summed E-state index contributed by atoms with van der Waals surface area (Å²) in [5.74, 6) is 2.75. The fraction of sp³-hybridized carbons (Fsp3) is 0.464. The fourth-order valence-corrected chi connectivity index (χ4v) is 4.87. The molecule has 2 heterocycles. The number of hydrogen-bond acceptors (Lipinski definition) is 5. The van der Waals surface area contributed by atoms with E-state index < -0.39 is 0 Å². The molecule has 0 spiro atoms. The van der Waals surface area contributed by atoms with Crippen LogP contribution in [0.3, 0.4) is 0 Å². The highest BCUT2D eigenvalue weighted by molar-refractivity contribution is 6.42. The van der Waals surface area contributed by atoms with Crippen molar-refractivity contribution in [2.75, 3.05) is 33.4 Å². The zero-order chi connectivity index (χ0) is 25.4. The fourth-order valence-electron chi connectivity index (χ4n) is 4.58. The normalized spacial score (nSPS) is 15.7. The first-order valence-corrected chi connectivity index (χ1v) is 13.3. The molecule has 8 heteroatoms. The third-order valence-electron chi connectivity index (χ3n) is 6.83. The third kappa shape index (κ3) is 7.16. The van der Waals surface area contributed by atoms with Crippen molar-refractivity contribution >= 4 is 23.2 Å². The molecule has 0 atom stereocenters. The smallest absolute Gasteiger partial charge is 0.121 e. The van der Waals surface area contributed by atoms with Crippen LogP contribution in [0.15, 0.2) is 54.9 Å². The Hall–Kier alpha value is -2.25. The molecule has 194 valence electrons. The largest absolute Gasteiger partial charge is 0.494 e. The van der Waals surface area contributed by atoms with E-state index in [1.165, 1.54) is 5.56 Å². The molecule has 1 saturated heterocycles. The molecule has 0 aliphatic carbocycles. The summed E-state index contributed by atoms with van der Waals surface area (Å²) in [6, 6.07) is 13.8. The van der Waals surface area contributed by atoms with Crippen LogP contribution in [0.4, 0.5) is 0 Å². The molecule has 0 unspecified atom stereocenters. The summed E-state index contributed by atoms with van der Waals surface area (Å²) >= 11 is 12.1.